The maximum atomic E-state index is 12.6. The lowest BCUT2D eigenvalue weighted by atomic mass is 9.88. The van der Waals surface area contributed by atoms with E-state index in [4.69, 9.17) is 9.47 Å². The van der Waals surface area contributed by atoms with Gasteiger partial charge in [0.15, 0.2) is 0 Å². The van der Waals surface area contributed by atoms with Crippen LogP contribution in [0.1, 0.15) is 13.3 Å². The second kappa shape index (κ2) is 11.0. The molecule has 6 N–H and O–H groups in total. The highest BCUT2D eigenvalue weighted by atomic mass is 79.9. The molecule has 1 saturated heterocycles. The van der Waals surface area contributed by atoms with Crippen molar-refractivity contribution < 1.29 is 44.6 Å². The van der Waals surface area contributed by atoms with Crippen LogP contribution in [0.3, 0.4) is 0 Å². The van der Waals surface area contributed by atoms with Crippen molar-refractivity contribution in [1.29, 1.82) is 0 Å². The van der Waals surface area contributed by atoms with Crippen molar-refractivity contribution in [1.82, 2.24) is 10.3 Å². The number of aromatic nitrogens is 1. The summed E-state index contributed by atoms with van der Waals surface area (Å²) in [5.41, 5.74) is 1.19. The first-order chi connectivity index (χ1) is 17.5. The number of carboxylic acid groups (broad SMARTS) is 1. The number of thiazole rings is 1. The van der Waals surface area contributed by atoms with Crippen LogP contribution in [-0.2, 0) is 14.3 Å². The van der Waals surface area contributed by atoms with E-state index in [0.29, 0.717) is 15.0 Å². The highest BCUT2D eigenvalue weighted by molar-refractivity contribution is 9.10. The first-order valence-corrected chi connectivity index (χ1v) is 12.8. The number of nitrogens with one attached hydrogen (secondary N) is 1. The molecule has 1 aliphatic heterocycles. The van der Waals surface area contributed by atoms with Gasteiger partial charge >= 0.3 is 11.8 Å². The van der Waals surface area contributed by atoms with Gasteiger partial charge < -0.3 is 40.3 Å². The minimum atomic E-state index is -2.52. The Labute approximate surface area is 223 Å². The second-order valence-electron chi connectivity index (χ2n) is 8.61. The number of carboxylic acids is 1. The first-order valence-electron chi connectivity index (χ1n) is 11.2. The van der Waals surface area contributed by atoms with Crippen molar-refractivity contribution in [2.75, 3.05) is 6.61 Å². The van der Waals surface area contributed by atoms with Crippen molar-refractivity contribution >= 4 is 49.4 Å². The Bertz CT molecular complexity index is 1270. The summed E-state index contributed by atoms with van der Waals surface area (Å²) in [7, 11) is 0. The highest BCUT2D eigenvalue weighted by Gasteiger charge is 2.57. The van der Waals surface area contributed by atoms with E-state index in [-0.39, 0.29) is 5.75 Å². The summed E-state index contributed by atoms with van der Waals surface area (Å²) in [5.74, 6) is -4.64. The number of ether oxygens (including phenoxy) is 2. The number of nitrogens with zero attached hydrogens (tertiary/aromatic N) is 1. The summed E-state index contributed by atoms with van der Waals surface area (Å²) >= 11 is 4.77. The van der Waals surface area contributed by atoms with Gasteiger partial charge in [0.05, 0.1) is 41.0 Å². The van der Waals surface area contributed by atoms with Gasteiger partial charge in [0, 0.05) is 11.4 Å². The molecule has 1 aliphatic rings. The summed E-state index contributed by atoms with van der Waals surface area (Å²) in [4.78, 5) is 28.9. The third-order valence-corrected chi connectivity index (χ3v) is 7.49. The van der Waals surface area contributed by atoms with Gasteiger partial charge in [0.25, 0.3) is 0 Å². The van der Waals surface area contributed by atoms with Gasteiger partial charge in [0.1, 0.15) is 29.1 Å². The van der Waals surface area contributed by atoms with E-state index in [9.17, 15) is 35.1 Å². The number of aliphatic carboxylic acids is 1. The summed E-state index contributed by atoms with van der Waals surface area (Å²) in [6, 6.07) is 11.0. The number of carbonyl (C=O) groups excluding carboxylic acids is 1. The minimum Gasteiger partial charge on any atom is -0.476 e. The molecule has 11 nitrogen and oxygen atoms in total. The molecule has 6 atom stereocenters. The van der Waals surface area contributed by atoms with Gasteiger partial charge in [-0.2, -0.15) is 0 Å². The molecule has 1 aromatic heterocycles. The fourth-order valence-electron chi connectivity index (χ4n) is 4.16. The number of halogens is 1. The molecule has 1 fully saturated rings. The van der Waals surface area contributed by atoms with Crippen LogP contribution in [-0.4, -0.2) is 85.2 Å². The van der Waals surface area contributed by atoms with Gasteiger partial charge in [-0.3, -0.25) is 4.79 Å². The van der Waals surface area contributed by atoms with Crippen molar-refractivity contribution in [3.63, 3.8) is 0 Å². The fraction of sp³-hybridized carbons (Fsp3) is 0.375. The molecule has 0 radical (unpaired) electrons. The fourth-order valence-corrected chi connectivity index (χ4v) is 5.50. The standard InChI is InChI=1S/C24H25BrN2O9S/c1-11(29)26-19-15(30)9-24(23(33)34,36-21(19)20(32)16(31)10-28)35-17-7-6-12(25)8-13(17)22-27-14-4-2-3-5-18(14)37-22/h2-8,15-16,19-21,28,30-32H,9-10H2,1H3,(H,26,29)(H,33,34). The molecule has 2 heterocycles. The van der Waals surface area contributed by atoms with Crippen LogP contribution in [0, 0.1) is 0 Å². The average Bonchev–Trinajstić information content (AvgIpc) is 3.29. The number of amides is 1. The number of hydrogen-bond acceptors (Lipinski definition) is 10. The van der Waals surface area contributed by atoms with Gasteiger partial charge in [-0.25, -0.2) is 9.78 Å². The molecule has 4 rings (SSSR count). The summed E-state index contributed by atoms with van der Waals surface area (Å²) in [6.45, 7) is 0.291. The topological polar surface area (TPSA) is 179 Å². The number of para-hydroxylation sites is 1. The summed E-state index contributed by atoms with van der Waals surface area (Å²) in [5, 5.41) is 54.0. The molecular formula is C24H25BrN2O9S. The van der Waals surface area contributed by atoms with Crippen molar-refractivity contribution in [2.24, 2.45) is 0 Å². The lowest BCUT2D eigenvalue weighted by Gasteiger charge is -2.46. The van der Waals surface area contributed by atoms with Gasteiger partial charge in [-0.15, -0.1) is 11.3 Å². The number of rotatable bonds is 8. The normalized spacial score (nSPS) is 25.4. The SMILES string of the molecule is CC(=O)NC1C(O)CC(Oc2ccc(Br)cc2-c2nc3ccccc3s2)(C(=O)O)OC1C(O)C(O)CO. The van der Waals surface area contributed by atoms with E-state index in [1.54, 1.807) is 12.1 Å². The maximum absolute atomic E-state index is 12.6. The first kappa shape index (κ1) is 27.4. The molecule has 198 valence electrons. The Balaban J connectivity index is 1.76. The van der Waals surface area contributed by atoms with Crippen LogP contribution in [0.15, 0.2) is 46.9 Å². The predicted molar refractivity (Wildman–Crippen MR) is 136 cm³/mol. The van der Waals surface area contributed by atoms with Crippen LogP contribution in [0.4, 0.5) is 0 Å². The lowest BCUT2D eigenvalue weighted by molar-refractivity contribution is -0.284. The quantitative estimate of drug-likeness (QED) is 0.221. The molecule has 1 amide bonds. The molecule has 13 heteroatoms. The number of carbonyl (C=O) groups is 2. The third-order valence-electron chi connectivity index (χ3n) is 5.93. The zero-order valence-corrected chi connectivity index (χ0v) is 21.8. The summed E-state index contributed by atoms with van der Waals surface area (Å²) in [6.07, 6.45) is -7.44. The van der Waals surface area contributed by atoms with Crippen molar-refractivity contribution in [2.45, 2.75) is 49.6 Å². The number of aliphatic hydroxyl groups is 4. The van der Waals surface area contributed by atoms with Crippen LogP contribution < -0.4 is 10.1 Å². The molecule has 3 aromatic rings. The molecule has 0 aliphatic carbocycles. The highest BCUT2D eigenvalue weighted by Crippen LogP contribution is 2.41. The van der Waals surface area contributed by atoms with E-state index in [1.165, 1.54) is 24.3 Å². The van der Waals surface area contributed by atoms with Crippen molar-refractivity contribution in [3.05, 3.63) is 46.9 Å². The van der Waals surface area contributed by atoms with Crippen LogP contribution >= 0.6 is 27.3 Å². The zero-order chi connectivity index (χ0) is 26.9. The van der Waals surface area contributed by atoms with E-state index >= 15 is 0 Å². The molecule has 37 heavy (non-hydrogen) atoms. The van der Waals surface area contributed by atoms with Gasteiger partial charge in [-0.1, -0.05) is 28.1 Å². The monoisotopic (exact) mass is 596 g/mol. The molecule has 0 spiro atoms. The number of fused-ring (bicyclic) bond motifs is 1. The van der Waals surface area contributed by atoms with Crippen LogP contribution in [0.2, 0.25) is 0 Å². The summed E-state index contributed by atoms with van der Waals surface area (Å²) < 4.78 is 13.3. The number of hydrogen-bond donors (Lipinski definition) is 6. The van der Waals surface area contributed by atoms with E-state index in [1.807, 2.05) is 24.3 Å². The van der Waals surface area contributed by atoms with Gasteiger partial charge in [0.2, 0.25) is 5.91 Å². The van der Waals surface area contributed by atoms with Gasteiger partial charge in [-0.05, 0) is 30.3 Å². The number of aliphatic hydroxyl groups excluding tert-OH is 4. The Morgan fingerprint density at radius 3 is 2.68 bits per heavy atom. The maximum Gasteiger partial charge on any atom is 0.377 e. The van der Waals surface area contributed by atoms with Crippen LogP contribution in [0.25, 0.3) is 20.8 Å². The lowest BCUT2D eigenvalue weighted by Crippen LogP contribution is -2.68. The molecule has 2 aromatic carbocycles. The molecular weight excluding hydrogens is 572 g/mol. The molecule has 6 unspecified atom stereocenters. The number of benzene rings is 2. The van der Waals surface area contributed by atoms with E-state index in [0.717, 1.165) is 10.2 Å². The minimum absolute atomic E-state index is 0.0748. The Morgan fingerprint density at radius 2 is 2.03 bits per heavy atom. The second-order valence-corrected chi connectivity index (χ2v) is 10.6. The zero-order valence-electron chi connectivity index (χ0n) is 19.4. The molecule has 0 bridgehead atoms. The Morgan fingerprint density at radius 1 is 1.30 bits per heavy atom. The van der Waals surface area contributed by atoms with E-state index < -0.39 is 61.1 Å². The van der Waals surface area contributed by atoms with Crippen LogP contribution in [0.5, 0.6) is 5.75 Å². The predicted octanol–water partition coefficient (Wildman–Crippen LogP) is 1.25. The molecule has 0 saturated carbocycles. The van der Waals surface area contributed by atoms with E-state index in [2.05, 4.69) is 26.2 Å². The van der Waals surface area contributed by atoms with Crippen molar-refractivity contribution in [3.8, 4) is 16.3 Å². The smallest absolute Gasteiger partial charge is 0.377 e. The Hall–Kier alpha value is -2.65. The largest absolute Gasteiger partial charge is 0.476 e. The average molecular weight is 597 g/mol. The Kier molecular flexibility index (Phi) is 8.14. The third kappa shape index (κ3) is 5.62.